The van der Waals surface area contributed by atoms with Crippen molar-refractivity contribution in [2.24, 2.45) is 18.0 Å². The fourth-order valence-electron chi connectivity index (χ4n) is 1.64. The summed E-state index contributed by atoms with van der Waals surface area (Å²) in [5.41, 5.74) is 0. The molecule has 0 radical (unpaired) electrons. The van der Waals surface area contributed by atoms with Crippen molar-refractivity contribution in [3.05, 3.63) is 12.2 Å². The fraction of sp³-hybridized carbons (Fsp3) is 0.786. The lowest BCUT2D eigenvalue weighted by atomic mass is 10.2. The molecule has 0 bridgehead atoms. The number of aryl methyl sites for hydroxylation is 1. The molecule has 0 aliphatic heterocycles. The molecule has 1 aromatic heterocycles. The molecule has 0 spiro atoms. The van der Waals surface area contributed by atoms with Crippen LogP contribution in [0.4, 0.5) is 0 Å². The number of guanidine groups is 1. The Morgan fingerprint density at radius 1 is 1.43 bits per heavy atom. The lowest BCUT2D eigenvalue weighted by Gasteiger charge is -2.11. The van der Waals surface area contributed by atoms with Crippen LogP contribution < -0.4 is 10.6 Å². The summed E-state index contributed by atoms with van der Waals surface area (Å²) in [4.78, 5) is 4.49. The normalized spacial score (nSPS) is 12.0. The third-order valence-electron chi connectivity index (χ3n) is 2.74. The molecule has 1 aromatic rings. The van der Waals surface area contributed by atoms with Crippen LogP contribution in [-0.4, -0.2) is 47.0 Å². The van der Waals surface area contributed by atoms with Crippen LogP contribution in [0.15, 0.2) is 11.3 Å². The maximum atomic E-state index is 5.55. The third kappa shape index (κ3) is 7.65. The van der Waals surface area contributed by atoms with E-state index in [1.807, 2.05) is 18.5 Å². The maximum Gasteiger partial charge on any atom is 0.191 e. The van der Waals surface area contributed by atoms with Crippen molar-refractivity contribution in [3.63, 3.8) is 0 Å². The Balaban J connectivity index is 2.27. The predicted molar refractivity (Wildman–Crippen MR) is 84.1 cm³/mol. The van der Waals surface area contributed by atoms with Gasteiger partial charge in [-0.15, -0.1) is 10.2 Å². The van der Waals surface area contributed by atoms with E-state index in [2.05, 4.69) is 39.7 Å². The highest BCUT2D eigenvalue weighted by molar-refractivity contribution is 5.79. The smallest absolute Gasteiger partial charge is 0.191 e. The Bertz CT molecular complexity index is 415. The zero-order valence-corrected chi connectivity index (χ0v) is 13.6. The second kappa shape index (κ2) is 10.1. The van der Waals surface area contributed by atoms with Crippen molar-refractivity contribution in [1.29, 1.82) is 0 Å². The van der Waals surface area contributed by atoms with E-state index >= 15 is 0 Å². The zero-order valence-electron chi connectivity index (χ0n) is 13.6. The Kier molecular flexibility index (Phi) is 8.42. The van der Waals surface area contributed by atoms with E-state index in [4.69, 9.17) is 4.74 Å². The standard InChI is InChI=1S/C14H28N6O/c1-5-15-14(16-7-6-8-21-10-12(2)3)17-9-13-19-18-11-20(13)4/h11-12H,5-10H2,1-4H3,(H2,15,16,17). The Morgan fingerprint density at radius 3 is 2.86 bits per heavy atom. The number of hydrogen-bond acceptors (Lipinski definition) is 4. The van der Waals surface area contributed by atoms with Crippen LogP contribution in [0.25, 0.3) is 0 Å². The zero-order chi connectivity index (χ0) is 15.5. The van der Waals surface area contributed by atoms with Gasteiger partial charge in [0.25, 0.3) is 0 Å². The van der Waals surface area contributed by atoms with E-state index < -0.39 is 0 Å². The van der Waals surface area contributed by atoms with Gasteiger partial charge < -0.3 is 19.9 Å². The van der Waals surface area contributed by atoms with Crippen LogP contribution in [0.5, 0.6) is 0 Å². The van der Waals surface area contributed by atoms with Crippen LogP contribution in [0.1, 0.15) is 33.0 Å². The lowest BCUT2D eigenvalue weighted by molar-refractivity contribution is 0.108. The van der Waals surface area contributed by atoms with E-state index in [0.717, 1.165) is 44.5 Å². The van der Waals surface area contributed by atoms with E-state index in [1.54, 1.807) is 6.33 Å². The first-order chi connectivity index (χ1) is 10.1. The van der Waals surface area contributed by atoms with Gasteiger partial charge in [-0.05, 0) is 19.3 Å². The molecule has 0 fully saturated rings. The van der Waals surface area contributed by atoms with Gasteiger partial charge in [0.1, 0.15) is 12.9 Å². The quantitative estimate of drug-likeness (QED) is 0.403. The van der Waals surface area contributed by atoms with E-state index in [9.17, 15) is 0 Å². The van der Waals surface area contributed by atoms with Crippen molar-refractivity contribution in [3.8, 4) is 0 Å². The van der Waals surface area contributed by atoms with Gasteiger partial charge in [0.2, 0.25) is 0 Å². The predicted octanol–water partition coefficient (Wildman–Crippen LogP) is 0.933. The molecule has 0 aliphatic rings. The van der Waals surface area contributed by atoms with Gasteiger partial charge in [-0.1, -0.05) is 13.8 Å². The lowest BCUT2D eigenvalue weighted by Crippen LogP contribution is -2.38. The van der Waals surface area contributed by atoms with Crippen molar-refractivity contribution >= 4 is 5.96 Å². The summed E-state index contributed by atoms with van der Waals surface area (Å²) in [6.07, 6.45) is 2.64. The molecule has 0 atom stereocenters. The molecule has 1 rings (SSSR count). The highest BCUT2D eigenvalue weighted by Crippen LogP contribution is 1.94. The Hall–Kier alpha value is -1.63. The number of aromatic nitrogens is 3. The van der Waals surface area contributed by atoms with Gasteiger partial charge in [-0.2, -0.15) is 0 Å². The summed E-state index contributed by atoms with van der Waals surface area (Å²) in [6, 6.07) is 0. The fourth-order valence-corrected chi connectivity index (χ4v) is 1.64. The molecule has 2 N–H and O–H groups in total. The number of nitrogens with zero attached hydrogens (tertiary/aromatic N) is 4. The molecule has 0 saturated carbocycles. The largest absolute Gasteiger partial charge is 0.381 e. The summed E-state index contributed by atoms with van der Waals surface area (Å²) in [5.74, 6) is 2.22. The minimum atomic E-state index is 0.510. The topological polar surface area (TPSA) is 76.4 Å². The van der Waals surface area contributed by atoms with Gasteiger partial charge in [0, 0.05) is 33.4 Å². The highest BCUT2D eigenvalue weighted by Gasteiger charge is 2.01. The van der Waals surface area contributed by atoms with Crippen LogP contribution in [0.2, 0.25) is 0 Å². The third-order valence-corrected chi connectivity index (χ3v) is 2.74. The summed E-state index contributed by atoms with van der Waals surface area (Å²) < 4.78 is 7.42. The average Bonchev–Trinajstić information content (AvgIpc) is 2.85. The highest BCUT2D eigenvalue weighted by atomic mass is 16.5. The van der Waals surface area contributed by atoms with E-state index in [0.29, 0.717) is 12.5 Å². The Morgan fingerprint density at radius 2 is 2.24 bits per heavy atom. The first-order valence-corrected chi connectivity index (χ1v) is 7.56. The van der Waals surface area contributed by atoms with Crippen molar-refractivity contribution < 1.29 is 4.74 Å². The summed E-state index contributed by atoms with van der Waals surface area (Å²) >= 11 is 0. The van der Waals surface area contributed by atoms with Crippen LogP contribution in [0, 0.1) is 5.92 Å². The maximum absolute atomic E-state index is 5.55. The minimum absolute atomic E-state index is 0.510. The minimum Gasteiger partial charge on any atom is -0.381 e. The molecule has 120 valence electrons. The molecule has 0 unspecified atom stereocenters. The second-order valence-electron chi connectivity index (χ2n) is 5.30. The molecule has 21 heavy (non-hydrogen) atoms. The molecule has 0 saturated heterocycles. The monoisotopic (exact) mass is 296 g/mol. The molecule has 1 heterocycles. The van der Waals surface area contributed by atoms with Crippen LogP contribution in [-0.2, 0) is 18.3 Å². The SMILES string of the molecule is CCNC(=NCc1nncn1C)NCCCOCC(C)C. The second-order valence-corrected chi connectivity index (χ2v) is 5.30. The van der Waals surface area contributed by atoms with Crippen molar-refractivity contribution in [2.75, 3.05) is 26.3 Å². The Labute approximate surface area is 127 Å². The number of nitrogens with one attached hydrogen (secondary N) is 2. The summed E-state index contributed by atoms with van der Waals surface area (Å²) in [7, 11) is 1.91. The molecule has 0 amide bonds. The number of aliphatic imine (C=N–C) groups is 1. The van der Waals surface area contributed by atoms with Crippen LogP contribution >= 0.6 is 0 Å². The molecule has 7 nitrogen and oxygen atoms in total. The first kappa shape index (κ1) is 17.4. The molecule has 0 aliphatic carbocycles. The van der Waals surface area contributed by atoms with Gasteiger partial charge in [0.15, 0.2) is 11.8 Å². The van der Waals surface area contributed by atoms with E-state index in [1.165, 1.54) is 0 Å². The van der Waals surface area contributed by atoms with Gasteiger partial charge in [-0.3, -0.25) is 0 Å². The van der Waals surface area contributed by atoms with Gasteiger partial charge in [0.05, 0.1) is 0 Å². The first-order valence-electron chi connectivity index (χ1n) is 7.56. The summed E-state index contributed by atoms with van der Waals surface area (Å²) in [6.45, 7) is 10.1. The summed E-state index contributed by atoms with van der Waals surface area (Å²) in [5, 5.41) is 14.4. The van der Waals surface area contributed by atoms with Gasteiger partial charge in [-0.25, -0.2) is 4.99 Å². The van der Waals surface area contributed by atoms with Crippen LogP contribution in [0.3, 0.4) is 0 Å². The van der Waals surface area contributed by atoms with E-state index in [-0.39, 0.29) is 0 Å². The van der Waals surface area contributed by atoms with Crippen molar-refractivity contribution in [2.45, 2.75) is 33.7 Å². The number of hydrogen-bond donors (Lipinski definition) is 2. The average molecular weight is 296 g/mol. The number of ether oxygens (including phenoxy) is 1. The van der Waals surface area contributed by atoms with Gasteiger partial charge >= 0.3 is 0 Å². The van der Waals surface area contributed by atoms with Crippen molar-refractivity contribution in [1.82, 2.24) is 25.4 Å². The molecule has 0 aromatic carbocycles. The molecule has 7 heteroatoms. The molecular weight excluding hydrogens is 268 g/mol. The number of rotatable bonds is 9. The molecular formula is C14H28N6O.